The Balaban J connectivity index is 1.39. The van der Waals surface area contributed by atoms with Gasteiger partial charge < -0.3 is 14.8 Å². The Kier molecular flexibility index (Phi) is 7.94. The van der Waals surface area contributed by atoms with Crippen LogP contribution in [0.15, 0.2) is 54.6 Å². The molecule has 1 amide bonds. The van der Waals surface area contributed by atoms with Crippen molar-refractivity contribution in [1.82, 2.24) is 10.2 Å². The van der Waals surface area contributed by atoms with Crippen LogP contribution in [-0.4, -0.2) is 42.6 Å². The maximum Gasteiger partial charge on any atom is 0.258 e. The highest BCUT2D eigenvalue weighted by Crippen LogP contribution is 2.20. The van der Waals surface area contributed by atoms with Gasteiger partial charge in [0.05, 0.1) is 6.61 Å². The van der Waals surface area contributed by atoms with Crippen molar-refractivity contribution in [3.63, 3.8) is 0 Å². The molecule has 1 heterocycles. The molecular weight excluding hydrogens is 364 g/mol. The molecule has 1 aliphatic rings. The van der Waals surface area contributed by atoms with Crippen LogP contribution in [0.3, 0.4) is 0 Å². The molecule has 2 atom stereocenters. The fraction of sp³-hybridized carbons (Fsp3) is 0.458. The molecule has 0 radical (unpaired) electrons. The number of hydrogen-bond acceptors (Lipinski definition) is 4. The zero-order valence-electron chi connectivity index (χ0n) is 17.5. The first kappa shape index (κ1) is 21.2. The van der Waals surface area contributed by atoms with Gasteiger partial charge in [-0.2, -0.15) is 0 Å². The van der Waals surface area contributed by atoms with Crippen molar-refractivity contribution in [2.24, 2.45) is 0 Å². The van der Waals surface area contributed by atoms with Crippen LogP contribution in [-0.2, 0) is 11.3 Å². The molecule has 0 aliphatic carbocycles. The molecule has 1 fully saturated rings. The summed E-state index contributed by atoms with van der Waals surface area (Å²) in [6.07, 6.45) is 2.90. The highest BCUT2D eigenvalue weighted by Gasteiger charge is 2.26. The molecule has 0 unspecified atom stereocenters. The van der Waals surface area contributed by atoms with Crippen molar-refractivity contribution >= 4 is 5.91 Å². The number of rotatable bonds is 9. The van der Waals surface area contributed by atoms with Gasteiger partial charge >= 0.3 is 0 Å². The number of amides is 1. The van der Waals surface area contributed by atoms with Gasteiger partial charge in [-0.05, 0) is 56.0 Å². The lowest BCUT2D eigenvalue weighted by atomic mass is 9.97. The van der Waals surface area contributed by atoms with Gasteiger partial charge in [-0.25, -0.2) is 0 Å². The van der Waals surface area contributed by atoms with Crippen molar-refractivity contribution in [1.29, 1.82) is 0 Å². The molecule has 3 rings (SSSR count). The van der Waals surface area contributed by atoms with Gasteiger partial charge in [-0.15, -0.1) is 0 Å². The first-order chi connectivity index (χ1) is 14.1. The molecule has 1 saturated heterocycles. The minimum Gasteiger partial charge on any atom is -0.494 e. The number of likely N-dealkylation sites (tertiary alicyclic amines) is 1. The minimum atomic E-state index is -0.0648. The Bertz CT molecular complexity index is 748. The summed E-state index contributed by atoms with van der Waals surface area (Å²) in [4.78, 5) is 14.8. The third kappa shape index (κ3) is 6.79. The second kappa shape index (κ2) is 10.9. The van der Waals surface area contributed by atoms with Crippen LogP contribution >= 0.6 is 0 Å². The number of piperidine rings is 1. The Morgan fingerprint density at radius 2 is 1.76 bits per heavy atom. The topological polar surface area (TPSA) is 50.8 Å². The van der Waals surface area contributed by atoms with Crippen LogP contribution in [0.25, 0.3) is 0 Å². The molecule has 5 nitrogen and oxygen atoms in total. The molecular formula is C24H32N2O3. The smallest absolute Gasteiger partial charge is 0.258 e. The van der Waals surface area contributed by atoms with Crippen LogP contribution in [0.5, 0.6) is 11.5 Å². The van der Waals surface area contributed by atoms with Crippen molar-refractivity contribution in [3.8, 4) is 11.5 Å². The van der Waals surface area contributed by atoms with Gasteiger partial charge in [-0.1, -0.05) is 37.3 Å². The van der Waals surface area contributed by atoms with Gasteiger partial charge in [0.15, 0.2) is 6.61 Å². The first-order valence-electron chi connectivity index (χ1n) is 10.6. The summed E-state index contributed by atoms with van der Waals surface area (Å²) in [6.45, 7) is 6.99. The quantitative estimate of drug-likeness (QED) is 0.695. The Morgan fingerprint density at radius 3 is 2.41 bits per heavy atom. The van der Waals surface area contributed by atoms with E-state index in [2.05, 4.69) is 48.3 Å². The third-order valence-corrected chi connectivity index (χ3v) is 5.27. The Labute approximate surface area is 174 Å². The van der Waals surface area contributed by atoms with Crippen molar-refractivity contribution in [3.05, 3.63) is 60.2 Å². The number of carbonyl (C=O) groups is 1. The molecule has 29 heavy (non-hydrogen) atoms. The highest BCUT2D eigenvalue weighted by molar-refractivity contribution is 5.77. The average molecular weight is 397 g/mol. The molecule has 5 heteroatoms. The van der Waals surface area contributed by atoms with Crippen LogP contribution < -0.4 is 14.8 Å². The summed E-state index contributed by atoms with van der Waals surface area (Å²) in [5.74, 6) is 1.43. The van der Waals surface area contributed by atoms with E-state index in [0.717, 1.165) is 38.1 Å². The van der Waals surface area contributed by atoms with Crippen molar-refractivity contribution in [2.75, 3.05) is 19.8 Å². The Hall–Kier alpha value is -2.53. The maximum atomic E-state index is 12.3. The maximum absolute atomic E-state index is 12.3. The fourth-order valence-electron chi connectivity index (χ4n) is 3.67. The molecule has 1 aliphatic heterocycles. The van der Waals surface area contributed by atoms with Gasteiger partial charge in [0, 0.05) is 25.2 Å². The summed E-state index contributed by atoms with van der Waals surface area (Å²) in [5, 5.41) is 3.13. The standard InChI is InChI=1S/C24H32N2O3/c1-3-15-28-22-9-11-23(12-10-22)29-18-24(27)25-21-13-14-26(19(2)16-21)17-20-7-5-4-6-8-20/h4-12,19,21H,3,13-18H2,1-2H3,(H,25,27)/t19-,21+/m0/s1. The van der Waals surface area contributed by atoms with Gasteiger partial charge in [0.25, 0.3) is 5.91 Å². The third-order valence-electron chi connectivity index (χ3n) is 5.27. The molecule has 0 aromatic heterocycles. The summed E-state index contributed by atoms with van der Waals surface area (Å²) in [5.41, 5.74) is 1.33. The number of hydrogen-bond donors (Lipinski definition) is 1. The SMILES string of the molecule is CCCOc1ccc(OCC(=O)N[C@@H]2CCN(Cc3ccccc3)[C@@H](C)C2)cc1. The average Bonchev–Trinajstić information content (AvgIpc) is 2.74. The highest BCUT2D eigenvalue weighted by atomic mass is 16.5. The monoisotopic (exact) mass is 396 g/mol. The second-order valence-corrected chi connectivity index (χ2v) is 7.70. The predicted molar refractivity (Wildman–Crippen MR) is 115 cm³/mol. The summed E-state index contributed by atoms with van der Waals surface area (Å²) < 4.78 is 11.2. The zero-order chi connectivity index (χ0) is 20.5. The molecule has 1 N–H and O–H groups in total. The van der Waals surface area contributed by atoms with E-state index in [0.29, 0.717) is 18.4 Å². The van der Waals surface area contributed by atoms with Gasteiger partial charge in [-0.3, -0.25) is 9.69 Å². The van der Waals surface area contributed by atoms with Crippen LogP contribution in [0.4, 0.5) is 0 Å². The largest absolute Gasteiger partial charge is 0.494 e. The number of nitrogens with one attached hydrogen (secondary N) is 1. The first-order valence-corrected chi connectivity index (χ1v) is 10.6. The van der Waals surface area contributed by atoms with E-state index in [4.69, 9.17) is 9.47 Å². The summed E-state index contributed by atoms with van der Waals surface area (Å²) >= 11 is 0. The molecule has 156 valence electrons. The summed E-state index contributed by atoms with van der Waals surface area (Å²) in [6, 6.07) is 18.6. The lowest BCUT2D eigenvalue weighted by molar-refractivity contribution is -0.124. The lowest BCUT2D eigenvalue weighted by Gasteiger charge is -2.38. The van der Waals surface area contributed by atoms with Crippen molar-refractivity contribution < 1.29 is 14.3 Å². The predicted octanol–water partition coefficient (Wildman–Crippen LogP) is 4.02. The van der Waals surface area contributed by atoms with Crippen molar-refractivity contribution in [2.45, 2.75) is 51.7 Å². The van der Waals surface area contributed by atoms with E-state index >= 15 is 0 Å². The van der Waals surface area contributed by atoms with E-state index < -0.39 is 0 Å². The number of carbonyl (C=O) groups excluding carboxylic acids is 1. The van der Waals surface area contributed by atoms with E-state index in [1.165, 1.54) is 5.56 Å². The number of nitrogens with zero attached hydrogens (tertiary/aromatic N) is 1. The molecule has 2 aromatic rings. The van der Waals surface area contributed by atoms with Gasteiger partial charge in [0.1, 0.15) is 11.5 Å². The van der Waals surface area contributed by atoms with Crippen LogP contribution in [0.1, 0.15) is 38.7 Å². The molecule has 0 saturated carbocycles. The molecule has 2 aromatic carbocycles. The van der Waals surface area contributed by atoms with E-state index in [9.17, 15) is 4.79 Å². The Morgan fingerprint density at radius 1 is 1.07 bits per heavy atom. The number of benzene rings is 2. The minimum absolute atomic E-state index is 0.0355. The van der Waals surface area contributed by atoms with E-state index in [-0.39, 0.29) is 18.6 Å². The second-order valence-electron chi connectivity index (χ2n) is 7.70. The summed E-state index contributed by atoms with van der Waals surface area (Å²) in [7, 11) is 0. The number of ether oxygens (including phenoxy) is 2. The fourth-order valence-corrected chi connectivity index (χ4v) is 3.67. The molecule has 0 spiro atoms. The van der Waals surface area contributed by atoms with Crippen LogP contribution in [0, 0.1) is 0 Å². The molecule has 0 bridgehead atoms. The van der Waals surface area contributed by atoms with Gasteiger partial charge in [0.2, 0.25) is 0 Å². The normalized spacial score (nSPS) is 19.5. The zero-order valence-corrected chi connectivity index (χ0v) is 17.5. The van der Waals surface area contributed by atoms with E-state index in [1.54, 1.807) is 0 Å². The lowest BCUT2D eigenvalue weighted by Crippen LogP contribution is -2.49. The van der Waals surface area contributed by atoms with Crippen LogP contribution in [0.2, 0.25) is 0 Å². The van der Waals surface area contributed by atoms with E-state index in [1.807, 2.05) is 30.3 Å².